The highest BCUT2D eigenvalue weighted by Crippen LogP contribution is 2.34. The number of amides is 1. The van der Waals surface area contributed by atoms with E-state index in [0.717, 1.165) is 47.6 Å². The van der Waals surface area contributed by atoms with Gasteiger partial charge in [-0.15, -0.1) is 0 Å². The van der Waals surface area contributed by atoms with Gasteiger partial charge in [0.1, 0.15) is 5.82 Å². The summed E-state index contributed by atoms with van der Waals surface area (Å²) in [6.45, 7) is 4.74. The topological polar surface area (TPSA) is 89.1 Å². The third kappa shape index (κ3) is 3.53. The lowest BCUT2D eigenvalue weighted by Gasteiger charge is -2.32. The Morgan fingerprint density at radius 1 is 1.15 bits per heavy atom. The largest absolute Gasteiger partial charge is 0.366 e. The number of primary amides is 1. The first-order chi connectivity index (χ1) is 16.6. The van der Waals surface area contributed by atoms with Gasteiger partial charge in [0.05, 0.1) is 11.2 Å². The predicted octanol–water partition coefficient (Wildman–Crippen LogP) is 3.96. The second-order valence-corrected chi connectivity index (χ2v) is 9.33. The van der Waals surface area contributed by atoms with Gasteiger partial charge in [0.25, 0.3) is 0 Å². The van der Waals surface area contributed by atoms with Gasteiger partial charge >= 0.3 is 0 Å². The van der Waals surface area contributed by atoms with Crippen LogP contribution in [0.4, 0.5) is 5.82 Å². The van der Waals surface area contributed by atoms with E-state index in [2.05, 4.69) is 34.5 Å². The number of nitrogens with zero attached hydrogens (tertiary/aromatic N) is 4. The highest BCUT2D eigenvalue weighted by molar-refractivity contribution is 6.06. The Morgan fingerprint density at radius 3 is 2.82 bits per heavy atom. The fourth-order valence-corrected chi connectivity index (χ4v) is 5.48. The molecule has 1 atom stereocenters. The molecule has 1 fully saturated rings. The van der Waals surface area contributed by atoms with E-state index in [4.69, 9.17) is 15.7 Å². The maximum atomic E-state index is 12.0. The van der Waals surface area contributed by atoms with Crippen LogP contribution in [-0.2, 0) is 19.5 Å². The minimum atomic E-state index is -0.430. The standard InChI is InChI=1S/C27H28N6O/c1-17-13-21-20(25(28)34)10-5-11-24(21)33(17)27-30-23-14-19-9-6-12-32(19)16-22(23)26(31-27)29-15-18-7-3-2-4-8-18/h2-5,7-8,10-11,13,19H,6,9,12,14-16H2,1H3,(H2,28,34)(H,29,30,31). The van der Waals surface area contributed by atoms with Crippen LogP contribution >= 0.6 is 0 Å². The third-order valence-corrected chi connectivity index (χ3v) is 7.17. The first-order valence-electron chi connectivity index (χ1n) is 11.9. The molecule has 1 amide bonds. The molecule has 7 nitrogen and oxygen atoms in total. The normalized spacial score (nSPS) is 17.5. The molecule has 2 aromatic heterocycles. The zero-order valence-electron chi connectivity index (χ0n) is 19.3. The molecule has 3 N–H and O–H groups in total. The summed E-state index contributed by atoms with van der Waals surface area (Å²) in [5.41, 5.74) is 11.5. The van der Waals surface area contributed by atoms with Crippen LogP contribution in [0.25, 0.3) is 16.9 Å². The van der Waals surface area contributed by atoms with Crippen LogP contribution in [0, 0.1) is 6.92 Å². The summed E-state index contributed by atoms with van der Waals surface area (Å²) in [6.07, 6.45) is 3.40. The van der Waals surface area contributed by atoms with Crippen LogP contribution < -0.4 is 11.1 Å². The minimum absolute atomic E-state index is 0.430. The average molecular weight is 453 g/mol. The van der Waals surface area contributed by atoms with Crippen molar-refractivity contribution in [2.24, 2.45) is 5.73 Å². The molecular formula is C27H28N6O. The number of carbonyl (C=O) groups is 1. The molecule has 4 heterocycles. The molecule has 6 rings (SSSR count). The number of carbonyl (C=O) groups excluding carboxylic acids is 1. The molecule has 2 aliphatic heterocycles. The van der Waals surface area contributed by atoms with Gasteiger partial charge in [-0.2, -0.15) is 4.98 Å². The van der Waals surface area contributed by atoms with Crippen LogP contribution in [0.3, 0.4) is 0 Å². The van der Waals surface area contributed by atoms with E-state index in [1.54, 1.807) is 6.07 Å². The summed E-state index contributed by atoms with van der Waals surface area (Å²) in [5.74, 6) is 1.09. The molecule has 0 spiro atoms. The molecule has 1 saturated heterocycles. The molecule has 34 heavy (non-hydrogen) atoms. The van der Waals surface area contributed by atoms with Crippen LogP contribution in [0.15, 0.2) is 54.6 Å². The van der Waals surface area contributed by atoms with E-state index in [1.807, 2.05) is 35.8 Å². The van der Waals surface area contributed by atoms with Crippen molar-refractivity contribution < 1.29 is 4.79 Å². The number of nitrogens with two attached hydrogens (primary N) is 1. The predicted molar refractivity (Wildman–Crippen MR) is 133 cm³/mol. The molecule has 7 heteroatoms. The van der Waals surface area contributed by atoms with Crippen LogP contribution in [0.5, 0.6) is 0 Å². The Balaban J connectivity index is 1.48. The summed E-state index contributed by atoms with van der Waals surface area (Å²) in [7, 11) is 0. The molecule has 0 radical (unpaired) electrons. The maximum Gasteiger partial charge on any atom is 0.249 e. The SMILES string of the molecule is Cc1cc2c(C(N)=O)cccc2n1-c1nc2c(c(NCc3ccccc3)n1)CN1CCCC1C2. The Morgan fingerprint density at radius 2 is 2.00 bits per heavy atom. The van der Waals surface area contributed by atoms with E-state index in [1.165, 1.54) is 24.0 Å². The second-order valence-electron chi connectivity index (χ2n) is 9.33. The summed E-state index contributed by atoms with van der Waals surface area (Å²) in [5, 5.41) is 4.43. The molecule has 2 aromatic carbocycles. The number of aryl methyl sites for hydroxylation is 1. The Labute approximate surface area is 198 Å². The van der Waals surface area contributed by atoms with Gasteiger partial charge in [0.2, 0.25) is 11.9 Å². The first kappa shape index (κ1) is 20.9. The number of benzene rings is 2. The zero-order chi connectivity index (χ0) is 23.2. The maximum absolute atomic E-state index is 12.0. The Hall–Kier alpha value is -3.71. The molecule has 0 aliphatic carbocycles. The van der Waals surface area contributed by atoms with Crippen molar-refractivity contribution in [3.63, 3.8) is 0 Å². The van der Waals surface area contributed by atoms with Crippen molar-refractivity contribution in [1.82, 2.24) is 19.4 Å². The first-order valence-corrected chi connectivity index (χ1v) is 11.9. The highest BCUT2D eigenvalue weighted by Gasteiger charge is 2.33. The van der Waals surface area contributed by atoms with Gasteiger partial charge in [-0.1, -0.05) is 36.4 Å². The minimum Gasteiger partial charge on any atom is -0.366 e. The van der Waals surface area contributed by atoms with Crippen molar-refractivity contribution in [2.45, 2.75) is 45.3 Å². The van der Waals surface area contributed by atoms with Crippen molar-refractivity contribution in [2.75, 3.05) is 11.9 Å². The van der Waals surface area contributed by atoms with Crippen LogP contribution in [0.2, 0.25) is 0 Å². The fourth-order valence-electron chi connectivity index (χ4n) is 5.48. The van der Waals surface area contributed by atoms with Gasteiger partial charge in [0.15, 0.2) is 0 Å². The van der Waals surface area contributed by atoms with E-state index >= 15 is 0 Å². The van der Waals surface area contributed by atoms with Gasteiger partial charge in [-0.3, -0.25) is 14.3 Å². The number of nitrogens with one attached hydrogen (secondary N) is 1. The number of hydrogen-bond donors (Lipinski definition) is 2. The van der Waals surface area contributed by atoms with Gasteiger partial charge in [-0.25, -0.2) is 4.98 Å². The van der Waals surface area contributed by atoms with Gasteiger partial charge < -0.3 is 11.1 Å². The molecule has 1 unspecified atom stereocenters. The molecule has 0 bridgehead atoms. The Bertz CT molecular complexity index is 1390. The highest BCUT2D eigenvalue weighted by atomic mass is 16.1. The smallest absolute Gasteiger partial charge is 0.249 e. The molecule has 0 saturated carbocycles. The van der Waals surface area contributed by atoms with E-state index in [-0.39, 0.29) is 0 Å². The monoisotopic (exact) mass is 452 g/mol. The van der Waals surface area contributed by atoms with E-state index in [0.29, 0.717) is 24.1 Å². The number of aromatic nitrogens is 3. The number of hydrogen-bond acceptors (Lipinski definition) is 5. The second kappa shape index (κ2) is 8.25. The summed E-state index contributed by atoms with van der Waals surface area (Å²) in [6, 6.07) is 18.5. The lowest BCUT2D eigenvalue weighted by atomic mass is 9.99. The van der Waals surface area contributed by atoms with Crippen molar-refractivity contribution in [3.8, 4) is 5.95 Å². The average Bonchev–Trinajstić information content (AvgIpc) is 3.44. The zero-order valence-corrected chi connectivity index (χ0v) is 19.3. The number of rotatable bonds is 5. The molecule has 172 valence electrons. The van der Waals surface area contributed by atoms with Crippen LogP contribution in [0.1, 0.15) is 45.7 Å². The lowest BCUT2D eigenvalue weighted by Crippen LogP contribution is -2.36. The van der Waals surface area contributed by atoms with E-state index < -0.39 is 5.91 Å². The van der Waals surface area contributed by atoms with Gasteiger partial charge in [-0.05, 0) is 50.1 Å². The van der Waals surface area contributed by atoms with Crippen molar-refractivity contribution >= 4 is 22.6 Å². The lowest BCUT2D eigenvalue weighted by molar-refractivity contribution is 0.100. The summed E-state index contributed by atoms with van der Waals surface area (Å²) in [4.78, 5) is 24.7. The number of fused-ring (bicyclic) bond motifs is 3. The van der Waals surface area contributed by atoms with E-state index in [9.17, 15) is 4.79 Å². The molecular weight excluding hydrogens is 424 g/mol. The van der Waals surface area contributed by atoms with Crippen molar-refractivity contribution in [1.29, 1.82) is 0 Å². The van der Waals surface area contributed by atoms with Crippen molar-refractivity contribution in [3.05, 3.63) is 82.7 Å². The molecule has 2 aliphatic rings. The summed E-state index contributed by atoms with van der Waals surface area (Å²) < 4.78 is 2.04. The van der Waals surface area contributed by atoms with Gasteiger partial charge in [0, 0.05) is 47.8 Å². The quantitative estimate of drug-likeness (QED) is 0.478. The summed E-state index contributed by atoms with van der Waals surface area (Å²) >= 11 is 0. The molecule has 4 aromatic rings. The number of anilines is 1. The fraction of sp³-hybridized carbons (Fsp3) is 0.296. The third-order valence-electron chi connectivity index (χ3n) is 7.17. The van der Waals surface area contributed by atoms with Crippen LogP contribution in [-0.4, -0.2) is 37.9 Å². The Kier molecular flexibility index (Phi) is 5.07.